The van der Waals surface area contributed by atoms with Gasteiger partial charge >= 0.3 is 0 Å². The van der Waals surface area contributed by atoms with Gasteiger partial charge in [0.1, 0.15) is 5.75 Å². The number of fused-ring (bicyclic) bond motifs is 1. The molecule has 1 atom stereocenters. The standard InChI is InChI=1S/C18H19BrO2/c19-17-4-2-1-3-14(17)12-16(20)7-5-13-6-8-18-15(11-13)9-10-21-18/h1-4,6,8,11,16,20H,5,7,9-10,12H2. The number of hydrogen-bond acceptors (Lipinski definition) is 2. The lowest BCUT2D eigenvalue weighted by Crippen LogP contribution is -2.12. The van der Waals surface area contributed by atoms with Crippen LogP contribution in [-0.2, 0) is 19.3 Å². The lowest BCUT2D eigenvalue weighted by molar-refractivity contribution is 0.165. The van der Waals surface area contributed by atoms with Gasteiger partial charge in [0.2, 0.25) is 0 Å². The van der Waals surface area contributed by atoms with Gasteiger partial charge in [-0.25, -0.2) is 0 Å². The Morgan fingerprint density at radius 1 is 1.19 bits per heavy atom. The van der Waals surface area contributed by atoms with Crippen LogP contribution in [0.3, 0.4) is 0 Å². The van der Waals surface area contributed by atoms with Crippen molar-refractivity contribution in [1.29, 1.82) is 0 Å². The summed E-state index contributed by atoms with van der Waals surface area (Å²) in [5.74, 6) is 1.02. The van der Waals surface area contributed by atoms with Crippen molar-refractivity contribution < 1.29 is 9.84 Å². The van der Waals surface area contributed by atoms with Gasteiger partial charge in [-0.3, -0.25) is 0 Å². The number of rotatable bonds is 5. The molecule has 0 spiro atoms. The average molecular weight is 347 g/mol. The second-order valence-electron chi connectivity index (χ2n) is 5.53. The fraction of sp³-hybridized carbons (Fsp3) is 0.333. The molecule has 1 aliphatic heterocycles. The molecule has 21 heavy (non-hydrogen) atoms. The maximum atomic E-state index is 10.2. The van der Waals surface area contributed by atoms with E-state index in [1.54, 1.807) is 0 Å². The predicted octanol–water partition coefficient (Wildman–Crippen LogP) is 3.92. The van der Waals surface area contributed by atoms with Crippen molar-refractivity contribution in [1.82, 2.24) is 0 Å². The van der Waals surface area contributed by atoms with Gasteiger partial charge in [-0.15, -0.1) is 0 Å². The Balaban J connectivity index is 1.56. The Hall–Kier alpha value is -1.32. The minimum atomic E-state index is -0.312. The van der Waals surface area contributed by atoms with Crippen molar-refractivity contribution in [2.45, 2.75) is 31.8 Å². The number of aliphatic hydroxyl groups excluding tert-OH is 1. The van der Waals surface area contributed by atoms with Crippen molar-refractivity contribution in [3.63, 3.8) is 0 Å². The van der Waals surface area contributed by atoms with Gasteiger partial charge in [0.25, 0.3) is 0 Å². The van der Waals surface area contributed by atoms with Crippen molar-refractivity contribution in [3.8, 4) is 5.75 Å². The SMILES string of the molecule is OC(CCc1ccc2c(c1)CCO2)Cc1ccccc1Br. The molecule has 2 aromatic carbocycles. The van der Waals surface area contributed by atoms with Crippen LogP contribution in [0.4, 0.5) is 0 Å². The fourth-order valence-electron chi connectivity index (χ4n) is 2.75. The highest BCUT2D eigenvalue weighted by molar-refractivity contribution is 9.10. The maximum absolute atomic E-state index is 10.2. The van der Waals surface area contributed by atoms with E-state index in [1.165, 1.54) is 11.1 Å². The van der Waals surface area contributed by atoms with E-state index in [1.807, 2.05) is 18.2 Å². The predicted molar refractivity (Wildman–Crippen MR) is 87.8 cm³/mol. The molecule has 0 aliphatic carbocycles. The fourth-order valence-corrected chi connectivity index (χ4v) is 3.20. The Morgan fingerprint density at radius 3 is 2.90 bits per heavy atom. The van der Waals surface area contributed by atoms with Gasteiger partial charge in [0.05, 0.1) is 12.7 Å². The monoisotopic (exact) mass is 346 g/mol. The Kier molecular flexibility index (Phi) is 4.61. The van der Waals surface area contributed by atoms with Crippen molar-refractivity contribution in [2.24, 2.45) is 0 Å². The van der Waals surface area contributed by atoms with Gasteiger partial charge in [-0.1, -0.05) is 46.3 Å². The van der Waals surface area contributed by atoms with Crippen LogP contribution in [0.15, 0.2) is 46.9 Å². The van der Waals surface area contributed by atoms with Crippen LogP contribution in [0.1, 0.15) is 23.1 Å². The number of benzene rings is 2. The normalized spacial score (nSPS) is 14.6. The number of halogens is 1. The quantitative estimate of drug-likeness (QED) is 0.888. The van der Waals surface area contributed by atoms with Gasteiger partial charge in [-0.05, 0) is 48.1 Å². The Labute approximate surface area is 133 Å². The van der Waals surface area contributed by atoms with E-state index in [2.05, 4.69) is 40.2 Å². The van der Waals surface area contributed by atoms with Gasteiger partial charge in [-0.2, -0.15) is 0 Å². The summed E-state index contributed by atoms with van der Waals surface area (Å²) < 4.78 is 6.58. The van der Waals surface area contributed by atoms with Gasteiger partial charge < -0.3 is 9.84 Å². The molecule has 3 heteroatoms. The molecule has 2 aromatic rings. The maximum Gasteiger partial charge on any atom is 0.122 e. The summed E-state index contributed by atoms with van der Waals surface area (Å²) in [7, 11) is 0. The first-order chi connectivity index (χ1) is 10.2. The summed E-state index contributed by atoms with van der Waals surface area (Å²) in [5, 5.41) is 10.2. The molecule has 0 saturated heterocycles. The summed E-state index contributed by atoms with van der Waals surface area (Å²) in [6.45, 7) is 0.795. The van der Waals surface area contributed by atoms with Crippen molar-refractivity contribution >= 4 is 15.9 Å². The van der Waals surface area contributed by atoms with E-state index in [4.69, 9.17) is 4.74 Å². The molecular weight excluding hydrogens is 328 g/mol. The van der Waals surface area contributed by atoms with E-state index >= 15 is 0 Å². The second-order valence-corrected chi connectivity index (χ2v) is 6.38. The smallest absolute Gasteiger partial charge is 0.122 e. The summed E-state index contributed by atoms with van der Waals surface area (Å²) >= 11 is 3.53. The number of aryl methyl sites for hydroxylation is 1. The largest absolute Gasteiger partial charge is 0.493 e. The number of hydrogen-bond donors (Lipinski definition) is 1. The average Bonchev–Trinajstić information content (AvgIpc) is 2.95. The highest BCUT2D eigenvalue weighted by Gasteiger charge is 2.13. The Bertz CT molecular complexity index is 624. The molecule has 3 rings (SSSR count). The molecule has 1 unspecified atom stereocenters. The minimum absolute atomic E-state index is 0.312. The van der Waals surface area contributed by atoms with E-state index in [0.717, 1.165) is 41.7 Å². The highest BCUT2D eigenvalue weighted by atomic mass is 79.9. The summed E-state index contributed by atoms with van der Waals surface area (Å²) in [5.41, 5.74) is 3.74. The lowest BCUT2D eigenvalue weighted by atomic mass is 9.99. The van der Waals surface area contributed by atoms with Crippen LogP contribution >= 0.6 is 15.9 Å². The topological polar surface area (TPSA) is 29.5 Å². The van der Waals surface area contributed by atoms with Crippen LogP contribution < -0.4 is 4.74 Å². The molecule has 1 N–H and O–H groups in total. The molecule has 0 amide bonds. The van der Waals surface area contributed by atoms with Crippen LogP contribution in [0, 0.1) is 0 Å². The van der Waals surface area contributed by atoms with E-state index < -0.39 is 0 Å². The zero-order valence-electron chi connectivity index (χ0n) is 11.9. The molecule has 0 saturated carbocycles. The third-order valence-corrected chi connectivity index (χ3v) is 4.71. The van der Waals surface area contributed by atoms with Crippen molar-refractivity contribution in [3.05, 3.63) is 63.6 Å². The molecule has 1 aliphatic rings. The number of aliphatic hydroxyl groups is 1. The molecule has 0 aromatic heterocycles. The van der Waals surface area contributed by atoms with Gasteiger partial charge in [0.15, 0.2) is 0 Å². The molecule has 0 bridgehead atoms. The van der Waals surface area contributed by atoms with Crippen LogP contribution in [0.2, 0.25) is 0 Å². The zero-order chi connectivity index (χ0) is 14.7. The summed E-state index contributed by atoms with van der Waals surface area (Å²) in [6, 6.07) is 14.4. The molecule has 110 valence electrons. The molecule has 2 nitrogen and oxygen atoms in total. The van der Waals surface area contributed by atoms with Gasteiger partial charge in [0, 0.05) is 10.9 Å². The molecule has 0 radical (unpaired) electrons. The van der Waals surface area contributed by atoms with E-state index in [9.17, 15) is 5.11 Å². The first-order valence-corrected chi connectivity index (χ1v) is 8.18. The first kappa shape index (κ1) is 14.6. The van der Waals surface area contributed by atoms with E-state index in [-0.39, 0.29) is 6.10 Å². The summed E-state index contributed by atoms with van der Waals surface area (Å²) in [6.07, 6.45) is 3.06. The Morgan fingerprint density at radius 2 is 2.05 bits per heavy atom. The first-order valence-electron chi connectivity index (χ1n) is 7.38. The summed E-state index contributed by atoms with van der Waals surface area (Å²) in [4.78, 5) is 0. The highest BCUT2D eigenvalue weighted by Crippen LogP contribution is 2.26. The molecular formula is C18H19BrO2. The third-order valence-electron chi connectivity index (χ3n) is 3.93. The molecule has 1 heterocycles. The van der Waals surface area contributed by atoms with Crippen molar-refractivity contribution in [2.75, 3.05) is 6.61 Å². The van der Waals surface area contributed by atoms with Crippen LogP contribution in [-0.4, -0.2) is 17.8 Å². The van der Waals surface area contributed by atoms with Crippen LogP contribution in [0.5, 0.6) is 5.75 Å². The second kappa shape index (κ2) is 6.63. The van der Waals surface area contributed by atoms with Crippen LogP contribution in [0.25, 0.3) is 0 Å². The minimum Gasteiger partial charge on any atom is -0.493 e. The third kappa shape index (κ3) is 3.66. The zero-order valence-corrected chi connectivity index (χ0v) is 13.5. The lowest BCUT2D eigenvalue weighted by Gasteiger charge is -2.12. The van der Waals surface area contributed by atoms with E-state index in [0.29, 0.717) is 6.42 Å². The molecule has 0 fully saturated rings. The number of ether oxygens (including phenoxy) is 1.